The lowest BCUT2D eigenvalue weighted by molar-refractivity contribution is -0.191. The highest BCUT2D eigenvalue weighted by atomic mass is 32.2. The molecule has 1 aromatic heterocycles. The third kappa shape index (κ3) is 8.54. The molecule has 3 aromatic rings. The lowest BCUT2D eigenvalue weighted by atomic mass is 9.60. The number of ether oxygens (including phenoxy) is 2. The first-order valence-corrected chi connectivity index (χ1v) is 17.9. The molecule has 51 heavy (non-hydrogen) atoms. The monoisotopic (exact) mass is 727 g/mol. The number of rotatable bonds is 12. The zero-order valence-electron chi connectivity index (χ0n) is 29.4. The first-order valence-electron chi connectivity index (χ1n) is 17.1. The van der Waals surface area contributed by atoms with E-state index in [1.165, 1.54) is 12.1 Å². The van der Waals surface area contributed by atoms with Gasteiger partial charge in [0.2, 0.25) is 11.8 Å². The summed E-state index contributed by atoms with van der Waals surface area (Å²) in [5, 5.41) is 12.9. The number of hydrogen-bond donors (Lipinski definition) is 3. The molecule has 1 saturated heterocycles. The van der Waals surface area contributed by atoms with Crippen molar-refractivity contribution in [1.82, 2.24) is 20.2 Å². The van der Waals surface area contributed by atoms with Crippen molar-refractivity contribution in [3.05, 3.63) is 65.2 Å². The van der Waals surface area contributed by atoms with Gasteiger partial charge in [0.15, 0.2) is 0 Å². The highest BCUT2D eigenvalue weighted by Crippen LogP contribution is 2.60. The Morgan fingerprint density at radius 3 is 2.31 bits per heavy atom. The van der Waals surface area contributed by atoms with E-state index in [1.807, 2.05) is 52.8 Å². The van der Waals surface area contributed by atoms with Crippen molar-refractivity contribution < 1.29 is 37.3 Å². The van der Waals surface area contributed by atoms with Gasteiger partial charge in [-0.1, -0.05) is 24.3 Å². The van der Waals surface area contributed by atoms with Crippen LogP contribution in [0.25, 0.3) is 11.3 Å². The maximum Gasteiger partial charge on any atom is 0.410 e. The fourth-order valence-electron chi connectivity index (χ4n) is 7.18. The van der Waals surface area contributed by atoms with Gasteiger partial charge in [-0.2, -0.15) is 18.2 Å². The number of alkyl halides is 3. The zero-order chi connectivity index (χ0) is 36.8. The number of carboxylic acid groups (broad SMARTS) is 1. The first kappa shape index (κ1) is 36.7. The molecule has 1 atom stereocenters. The largest absolute Gasteiger partial charge is 0.478 e. The van der Waals surface area contributed by atoms with E-state index in [1.54, 1.807) is 23.1 Å². The maximum atomic E-state index is 14.2. The lowest BCUT2D eigenvalue weighted by Crippen LogP contribution is -2.68. The first-order chi connectivity index (χ1) is 23.9. The minimum atomic E-state index is -4.31. The third-order valence-corrected chi connectivity index (χ3v) is 10.6. The second kappa shape index (κ2) is 13.8. The van der Waals surface area contributed by atoms with E-state index in [0.29, 0.717) is 23.7 Å². The molecule has 3 fully saturated rings. The van der Waals surface area contributed by atoms with E-state index in [0.717, 1.165) is 41.5 Å². The molecular formula is C37H44F3N5O5S. The molecule has 2 aliphatic carbocycles. The van der Waals surface area contributed by atoms with Crippen LogP contribution < -0.4 is 14.8 Å². The molecule has 3 aliphatic rings. The summed E-state index contributed by atoms with van der Waals surface area (Å²) in [7, 11) is 0. The number of benzene rings is 2. The number of halogens is 3. The summed E-state index contributed by atoms with van der Waals surface area (Å²) in [6, 6.07) is 13.4. The van der Waals surface area contributed by atoms with Gasteiger partial charge >= 0.3 is 18.2 Å². The van der Waals surface area contributed by atoms with E-state index in [9.17, 15) is 27.9 Å². The average molecular weight is 728 g/mol. The van der Waals surface area contributed by atoms with Crippen molar-refractivity contribution in [1.29, 1.82) is 0 Å². The Morgan fingerprint density at radius 2 is 1.71 bits per heavy atom. The number of hydrogen-bond acceptors (Lipinski definition) is 9. The third-order valence-electron chi connectivity index (χ3n) is 9.84. The van der Waals surface area contributed by atoms with Crippen molar-refractivity contribution in [2.75, 3.05) is 24.4 Å². The average Bonchev–Trinajstić information content (AvgIpc) is 3.79. The number of anilines is 1. The molecule has 1 aliphatic heterocycles. The normalized spacial score (nSPS) is 18.4. The molecule has 274 valence electrons. The van der Waals surface area contributed by atoms with Gasteiger partial charge in [0, 0.05) is 47.1 Å². The standard InChI is InChI=1S/C37H44F3N5O5S/c1-22-8-6-9-23(2)30(22)28-15-29(43-32(42-28)44-51-27-11-7-10-24(14-27)31(46)47)49-19-26(18-36(12-13-36)37(38,39)40)41-25-16-35(17-25)20-45(21-35)33(48)50-34(3,4)5/h6-11,14-15,25-26,41H,12-13,16-21H2,1-5H3,(H,46,47)(H,42,43,44). The summed E-state index contributed by atoms with van der Waals surface area (Å²) in [5.41, 5.74) is 1.20. The fraction of sp³-hybridized carbons (Fsp3) is 0.514. The van der Waals surface area contributed by atoms with Crippen LogP contribution in [-0.4, -0.2) is 75.6 Å². The van der Waals surface area contributed by atoms with E-state index in [-0.39, 0.29) is 60.8 Å². The van der Waals surface area contributed by atoms with Crippen LogP contribution in [-0.2, 0) is 4.74 Å². The van der Waals surface area contributed by atoms with E-state index in [4.69, 9.17) is 14.5 Å². The predicted octanol–water partition coefficient (Wildman–Crippen LogP) is 8.05. The number of nitrogens with one attached hydrogen (secondary N) is 2. The van der Waals surface area contributed by atoms with E-state index >= 15 is 0 Å². The minimum Gasteiger partial charge on any atom is -0.478 e. The Balaban J connectivity index is 1.17. The van der Waals surface area contributed by atoms with Crippen LogP contribution in [0.4, 0.5) is 23.9 Å². The zero-order valence-corrected chi connectivity index (χ0v) is 30.2. The Bertz CT molecular complexity index is 1760. The van der Waals surface area contributed by atoms with E-state index < -0.39 is 29.2 Å². The van der Waals surface area contributed by atoms with Crippen LogP contribution in [0.15, 0.2) is 53.4 Å². The summed E-state index contributed by atoms with van der Waals surface area (Å²) in [5.74, 6) is -0.642. The van der Waals surface area contributed by atoms with Crippen molar-refractivity contribution in [2.45, 2.75) is 95.5 Å². The Hall–Kier alpha value is -4.04. The number of aromatic carboxylic acids is 1. The van der Waals surface area contributed by atoms with Gasteiger partial charge < -0.3 is 24.8 Å². The molecule has 0 bridgehead atoms. The molecule has 2 saturated carbocycles. The number of amides is 1. The van der Waals surface area contributed by atoms with Crippen molar-refractivity contribution >= 4 is 30.0 Å². The number of aromatic nitrogens is 2. The molecule has 14 heteroatoms. The molecule has 3 N–H and O–H groups in total. The molecule has 6 rings (SSSR count). The fourth-order valence-corrected chi connectivity index (χ4v) is 7.81. The highest BCUT2D eigenvalue weighted by molar-refractivity contribution is 8.00. The number of likely N-dealkylation sites (tertiary alicyclic amines) is 1. The van der Waals surface area contributed by atoms with Gasteiger partial charge in [0.25, 0.3) is 0 Å². The quantitative estimate of drug-likeness (QED) is 0.158. The molecular weight excluding hydrogens is 683 g/mol. The smallest absolute Gasteiger partial charge is 0.410 e. The molecule has 2 aromatic carbocycles. The SMILES string of the molecule is Cc1cccc(C)c1-c1cc(OCC(CC2(C(F)(F)F)CC2)NC2CC3(C2)CN(C(=O)OC(C)(C)C)C3)nc(NSc2cccc(C(=O)O)c2)n1. The topological polar surface area (TPSA) is 126 Å². The minimum absolute atomic E-state index is 0.00538. The summed E-state index contributed by atoms with van der Waals surface area (Å²) >= 11 is 1.14. The number of carbonyl (C=O) groups is 2. The van der Waals surface area contributed by atoms with Gasteiger partial charge in [-0.3, -0.25) is 4.72 Å². The Kier molecular flexibility index (Phi) is 9.96. The van der Waals surface area contributed by atoms with Crippen LogP contribution in [0.3, 0.4) is 0 Å². The van der Waals surface area contributed by atoms with Crippen molar-refractivity contribution in [2.24, 2.45) is 10.8 Å². The van der Waals surface area contributed by atoms with E-state index in [2.05, 4.69) is 15.0 Å². The van der Waals surface area contributed by atoms with Crippen molar-refractivity contribution in [3.63, 3.8) is 0 Å². The van der Waals surface area contributed by atoms with Crippen LogP contribution >= 0.6 is 11.9 Å². The van der Waals surface area contributed by atoms with Crippen LogP contribution in [0.1, 0.15) is 74.4 Å². The summed E-state index contributed by atoms with van der Waals surface area (Å²) < 4.78 is 57.3. The summed E-state index contributed by atoms with van der Waals surface area (Å²) in [4.78, 5) is 35.5. The molecule has 10 nitrogen and oxygen atoms in total. The number of nitrogens with zero attached hydrogens (tertiary/aromatic N) is 3. The van der Waals surface area contributed by atoms with Gasteiger partial charge in [-0.05, 0) is 108 Å². The van der Waals surface area contributed by atoms with Gasteiger partial charge in [0.05, 0.1) is 16.7 Å². The van der Waals surface area contributed by atoms with Crippen LogP contribution in [0.2, 0.25) is 0 Å². The molecule has 1 spiro atoms. The Morgan fingerprint density at radius 1 is 1.04 bits per heavy atom. The summed E-state index contributed by atoms with van der Waals surface area (Å²) in [6.45, 7) is 10.5. The Labute approximate surface area is 300 Å². The number of aryl methyl sites for hydroxylation is 2. The second-order valence-electron chi connectivity index (χ2n) is 15.3. The lowest BCUT2D eigenvalue weighted by Gasteiger charge is -2.59. The second-order valence-corrected chi connectivity index (χ2v) is 16.2. The predicted molar refractivity (Wildman–Crippen MR) is 188 cm³/mol. The number of carbonyl (C=O) groups excluding carboxylic acids is 1. The highest BCUT2D eigenvalue weighted by Gasteiger charge is 2.64. The summed E-state index contributed by atoms with van der Waals surface area (Å²) in [6.07, 6.45) is -3.09. The molecule has 1 amide bonds. The van der Waals surface area contributed by atoms with Gasteiger partial charge in [-0.15, -0.1) is 0 Å². The van der Waals surface area contributed by atoms with Gasteiger partial charge in [0.1, 0.15) is 12.2 Å². The molecule has 0 radical (unpaired) electrons. The van der Waals surface area contributed by atoms with Crippen LogP contribution in [0, 0.1) is 24.7 Å². The van der Waals surface area contributed by atoms with Gasteiger partial charge in [-0.25, -0.2) is 14.6 Å². The van der Waals surface area contributed by atoms with Crippen LogP contribution in [0.5, 0.6) is 5.88 Å². The maximum absolute atomic E-state index is 14.2. The molecule has 2 heterocycles. The van der Waals surface area contributed by atoms with Crippen molar-refractivity contribution in [3.8, 4) is 17.1 Å². The molecule has 1 unspecified atom stereocenters. The number of carboxylic acids is 1.